The predicted octanol–water partition coefficient (Wildman–Crippen LogP) is 4.21. The standard InChI is InChI=1S/C15H25ClN2/c1-3-5-10-18(11-6-4-2)15-9-7-8-14(16)13(15)12-17/h7-9H,3-6,10-12,17H2,1-2H3. The molecule has 0 spiro atoms. The van der Waals surface area contributed by atoms with Crippen LogP contribution in [0.4, 0.5) is 5.69 Å². The van der Waals surface area contributed by atoms with Crippen LogP contribution < -0.4 is 10.6 Å². The average molecular weight is 269 g/mol. The third-order valence-corrected chi connectivity index (χ3v) is 3.56. The zero-order valence-corrected chi connectivity index (χ0v) is 12.3. The molecule has 0 radical (unpaired) electrons. The van der Waals surface area contributed by atoms with E-state index in [1.807, 2.05) is 12.1 Å². The van der Waals surface area contributed by atoms with Crippen molar-refractivity contribution in [1.29, 1.82) is 0 Å². The molecule has 0 aliphatic carbocycles. The minimum atomic E-state index is 0.504. The van der Waals surface area contributed by atoms with E-state index in [4.69, 9.17) is 17.3 Å². The molecule has 0 aromatic heterocycles. The maximum atomic E-state index is 6.24. The summed E-state index contributed by atoms with van der Waals surface area (Å²) in [6.07, 6.45) is 4.84. The summed E-state index contributed by atoms with van der Waals surface area (Å²) in [4.78, 5) is 2.43. The molecule has 1 aromatic rings. The largest absolute Gasteiger partial charge is 0.371 e. The molecule has 2 nitrogen and oxygen atoms in total. The summed E-state index contributed by atoms with van der Waals surface area (Å²) in [5.41, 5.74) is 8.13. The lowest BCUT2D eigenvalue weighted by Crippen LogP contribution is -2.27. The van der Waals surface area contributed by atoms with E-state index in [1.165, 1.54) is 31.4 Å². The monoisotopic (exact) mass is 268 g/mol. The quantitative estimate of drug-likeness (QED) is 0.765. The van der Waals surface area contributed by atoms with Crippen LogP contribution in [0.25, 0.3) is 0 Å². The molecule has 0 fully saturated rings. The smallest absolute Gasteiger partial charge is 0.0471 e. The lowest BCUT2D eigenvalue weighted by atomic mass is 10.1. The third kappa shape index (κ3) is 4.18. The minimum Gasteiger partial charge on any atom is -0.371 e. The van der Waals surface area contributed by atoms with E-state index in [2.05, 4.69) is 24.8 Å². The van der Waals surface area contributed by atoms with Crippen molar-refractivity contribution in [3.8, 4) is 0 Å². The molecule has 102 valence electrons. The number of nitrogens with zero attached hydrogens (tertiary/aromatic N) is 1. The molecule has 18 heavy (non-hydrogen) atoms. The van der Waals surface area contributed by atoms with E-state index in [0.29, 0.717) is 6.54 Å². The van der Waals surface area contributed by atoms with Crippen molar-refractivity contribution in [3.05, 3.63) is 28.8 Å². The van der Waals surface area contributed by atoms with Crippen LogP contribution in [0, 0.1) is 0 Å². The van der Waals surface area contributed by atoms with Gasteiger partial charge in [-0.3, -0.25) is 0 Å². The second-order valence-corrected chi connectivity index (χ2v) is 5.04. The van der Waals surface area contributed by atoms with Crippen molar-refractivity contribution >= 4 is 17.3 Å². The lowest BCUT2D eigenvalue weighted by Gasteiger charge is -2.27. The van der Waals surface area contributed by atoms with Crippen molar-refractivity contribution in [2.45, 2.75) is 46.1 Å². The molecular formula is C15H25ClN2. The number of hydrogen-bond acceptors (Lipinski definition) is 2. The molecule has 0 amide bonds. The van der Waals surface area contributed by atoms with Crippen LogP contribution in [0.5, 0.6) is 0 Å². The number of benzene rings is 1. The van der Waals surface area contributed by atoms with Gasteiger partial charge < -0.3 is 10.6 Å². The summed E-state index contributed by atoms with van der Waals surface area (Å²) in [5.74, 6) is 0. The van der Waals surface area contributed by atoms with Gasteiger partial charge in [0, 0.05) is 35.9 Å². The van der Waals surface area contributed by atoms with Gasteiger partial charge in [0.15, 0.2) is 0 Å². The highest BCUT2D eigenvalue weighted by Gasteiger charge is 2.12. The predicted molar refractivity (Wildman–Crippen MR) is 81.4 cm³/mol. The zero-order chi connectivity index (χ0) is 13.4. The van der Waals surface area contributed by atoms with Crippen LogP contribution in [0.3, 0.4) is 0 Å². The molecule has 0 aliphatic heterocycles. The van der Waals surface area contributed by atoms with E-state index < -0.39 is 0 Å². The fraction of sp³-hybridized carbons (Fsp3) is 0.600. The number of unbranched alkanes of at least 4 members (excludes halogenated alkanes) is 2. The number of halogens is 1. The molecule has 0 unspecified atom stereocenters. The van der Waals surface area contributed by atoms with Gasteiger partial charge in [-0.25, -0.2) is 0 Å². The Bertz CT molecular complexity index is 344. The van der Waals surface area contributed by atoms with Crippen molar-refractivity contribution in [3.63, 3.8) is 0 Å². The minimum absolute atomic E-state index is 0.504. The highest BCUT2D eigenvalue weighted by molar-refractivity contribution is 6.31. The Labute approximate surface area is 116 Å². The number of rotatable bonds is 8. The fourth-order valence-electron chi connectivity index (χ4n) is 2.10. The number of anilines is 1. The zero-order valence-electron chi connectivity index (χ0n) is 11.6. The fourth-order valence-corrected chi connectivity index (χ4v) is 2.34. The molecule has 0 atom stereocenters. The van der Waals surface area contributed by atoms with Crippen molar-refractivity contribution in [1.82, 2.24) is 0 Å². The first-order valence-corrected chi connectivity index (χ1v) is 7.34. The molecule has 0 heterocycles. The third-order valence-electron chi connectivity index (χ3n) is 3.20. The van der Waals surface area contributed by atoms with Crippen LogP contribution in [0.1, 0.15) is 45.1 Å². The van der Waals surface area contributed by atoms with E-state index >= 15 is 0 Å². The Kier molecular flexibility index (Phi) is 7.14. The van der Waals surface area contributed by atoms with Gasteiger partial charge in [0.1, 0.15) is 0 Å². The molecule has 1 rings (SSSR count). The normalized spacial score (nSPS) is 10.7. The topological polar surface area (TPSA) is 29.3 Å². The van der Waals surface area contributed by atoms with Gasteiger partial charge in [0.05, 0.1) is 0 Å². The summed E-state index contributed by atoms with van der Waals surface area (Å²) in [6, 6.07) is 6.08. The van der Waals surface area contributed by atoms with Gasteiger partial charge in [0.25, 0.3) is 0 Å². The van der Waals surface area contributed by atoms with E-state index in [0.717, 1.165) is 23.7 Å². The van der Waals surface area contributed by atoms with Gasteiger partial charge in [-0.2, -0.15) is 0 Å². The van der Waals surface area contributed by atoms with Crippen LogP contribution in [-0.4, -0.2) is 13.1 Å². The van der Waals surface area contributed by atoms with Crippen LogP contribution in [0.2, 0.25) is 5.02 Å². The van der Waals surface area contributed by atoms with Crippen molar-refractivity contribution in [2.75, 3.05) is 18.0 Å². The average Bonchev–Trinajstić information content (AvgIpc) is 2.39. The lowest BCUT2D eigenvalue weighted by molar-refractivity contribution is 0.675. The molecule has 3 heteroatoms. The first-order chi connectivity index (χ1) is 8.74. The van der Waals surface area contributed by atoms with Crippen LogP contribution >= 0.6 is 11.6 Å². The van der Waals surface area contributed by atoms with E-state index in [-0.39, 0.29) is 0 Å². The second kappa shape index (κ2) is 8.39. The Balaban J connectivity index is 2.91. The van der Waals surface area contributed by atoms with E-state index in [9.17, 15) is 0 Å². The van der Waals surface area contributed by atoms with Gasteiger partial charge in [-0.1, -0.05) is 44.4 Å². The van der Waals surface area contributed by atoms with Crippen LogP contribution in [0.15, 0.2) is 18.2 Å². The van der Waals surface area contributed by atoms with Crippen molar-refractivity contribution in [2.24, 2.45) is 5.73 Å². The Morgan fingerprint density at radius 1 is 1.11 bits per heavy atom. The SMILES string of the molecule is CCCCN(CCCC)c1cccc(Cl)c1CN. The Morgan fingerprint density at radius 3 is 2.22 bits per heavy atom. The summed E-state index contributed by atoms with van der Waals surface area (Å²) in [5, 5.41) is 0.785. The molecule has 0 saturated carbocycles. The summed E-state index contributed by atoms with van der Waals surface area (Å²) in [6.45, 7) is 7.12. The highest BCUT2D eigenvalue weighted by atomic mass is 35.5. The molecule has 1 aromatic carbocycles. The first kappa shape index (κ1) is 15.3. The Hall–Kier alpha value is -0.730. The van der Waals surface area contributed by atoms with Gasteiger partial charge in [0.2, 0.25) is 0 Å². The Morgan fingerprint density at radius 2 is 1.72 bits per heavy atom. The molecule has 2 N–H and O–H groups in total. The van der Waals surface area contributed by atoms with Crippen molar-refractivity contribution < 1.29 is 0 Å². The maximum Gasteiger partial charge on any atom is 0.0471 e. The summed E-state index contributed by atoms with van der Waals surface area (Å²) >= 11 is 6.24. The molecule has 0 saturated heterocycles. The van der Waals surface area contributed by atoms with Crippen LogP contribution in [-0.2, 0) is 6.54 Å². The number of hydrogen-bond donors (Lipinski definition) is 1. The van der Waals surface area contributed by atoms with Gasteiger partial charge in [-0.15, -0.1) is 0 Å². The van der Waals surface area contributed by atoms with Gasteiger partial charge >= 0.3 is 0 Å². The van der Waals surface area contributed by atoms with E-state index in [1.54, 1.807) is 0 Å². The highest BCUT2D eigenvalue weighted by Crippen LogP contribution is 2.27. The summed E-state index contributed by atoms with van der Waals surface area (Å²) < 4.78 is 0. The molecule has 0 aliphatic rings. The summed E-state index contributed by atoms with van der Waals surface area (Å²) in [7, 11) is 0. The molecular weight excluding hydrogens is 244 g/mol. The van der Waals surface area contributed by atoms with Gasteiger partial charge in [-0.05, 0) is 25.0 Å². The second-order valence-electron chi connectivity index (χ2n) is 4.64. The maximum absolute atomic E-state index is 6.24. The first-order valence-electron chi connectivity index (χ1n) is 6.97. The number of nitrogens with two attached hydrogens (primary N) is 1. The molecule has 0 bridgehead atoms.